The summed E-state index contributed by atoms with van der Waals surface area (Å²) in [6.07, 6.45) is 3.84. The predicted octanol–water partition coefficient (Wildman–Crippen LogP) is 4.55. The third kappa shape index (κ3) is 6.92. The first kappa shape index (κ1) is 25.1. The van der Waals surface area contributed by atoms with Crippen LogP contribution in [0.25, 0.3) is 0 Å². The summed E-state index contributed by atoms with van der Waals surface area (Å²) in [5.74, 6) is 0. The number of rotatable bonds is 5. The van der Waals surface area contributed by atoms with Gasteiger partial charge in [0.25, 0.3) is 0 Å². The summed E-state index contributed by atoms with van der Waals surface area (Å²) in [4.78, 5) is 10.8. The van der Waals surface area contributed by atoms with Crippen LogP contribution in [0.1, 0.15) is 88.5 Å². The lowest BCUT2D eigenvalue weighted by Crippen LogP contribution is -2.58. The summed E-state index contributed by atoms with van der Waals surface area (Å²) in [5.41, 5.74) is 1.15. The topological polar surface area (TPSA) is 13.0 Å². The van der Waals surface area contributed by atoms with Crippen molar-refractivity contribution in [2.75, 3.05) is 52.4 Å². The second-order valence-electron chi connectivity index (χ2n) is 12.8. The minimum absolute atomic E-state index is 0.276. The Labute approximate surface area is 183 Å². The molecule has 2 rings (SSSR count). The van der Waals surface area contributed by atoms with Gasteiger partial charge in [-0.3, -0.25) is 19.6 Å². The van der Waals surface area contributed by atoms with Crippen LogP contribution in [-0.2, 0) is 0 Å². The molecule has 0 unspecified atom stereocenters. The number of nitrogens with zero attached hydrogens (tertiary/aromatic N) is 4. The molecule has 2 saturated heterocycles. The molecule has 0 aliphatic carbocycles. The summed E-state index contributed by atoms with van der Waals surface area (Å²) >= 11 is 0. The van der Waals surface area contributed by atoms with E-state index >= 15 is 0 Å². The molecule has 2 aliphatic heterocycles. The van der Waals surface area contributed by atoms with Gasteiger partial charge in [-0.25, -0.2) is 0 Å². The maximum Gasteiger partial charge on any atom is 0.0155 e. The van der Waals surface area contributed by atoms with Crippen LogP contribution in [0.4, 0.5) is 0 Å². The van der Waals surface area contributed by atoms with Gasteiger partial charge in [-0.15, -0.1) is 0 Å². The van der Waals surface area contributed by atoms with E-state index in [1.807, 2.05) is 0 Å². The van der Waals surface area contributed by atoms with Gasteiger partial charge in [0.1, 0.15) is 0 Å². The van der Waals surface area contributed by atoms with Crippen molar-refractivity contribution in [2.24, 2.45) is 0 Å². The molecule has 2 aliphatic rings. The molecule has 0 spiro atoms. The molecule has 0 bridgehead atoms. The first-order chi connectivity index (χ1) is 13.1. The highest BCUT2D eigenvalue weighted by atomic mass is 15.3. The Morgan fingerprint density at radius 1 is 0.414 bits per heavy atom. The monoisotopic (exact) mass is 408 g/mol. The second-order valence-corrected chi connectivity index (χ2v) is 12.8. The van der Waals surface area contributed by atoms with E-state index < -0.39 is 0 Å². The molecule has 0 radical (unpaired) electrons. The molecule has 4 nitrogen and oxygen atoms in total. The maximum atomic E-state index is 2.77. The lowest BCUT2D eigenvalue weighted by atomic mass is 9.86. The van der Waals surface area contributed by atoms with Gasteiger partial charge in [-0.1, -0.05) is 0 Å². The Hall–Kier alpha value is -0.160. The highest BCUT2D eigenvalue weighted by molar-refractivity contribution is 4.93. The Morgan fingerprint density at radius 2 is 0.690 bits per heavy atom. The number of piperazine rings is 1. The number of hydrogen-bond acceptors (Lipinski definition) is 4. The van der Waals surface area contributed by atoms with Gasteiger partial charge < -0.3 is 0 Å². The molecular weight excluding hydrogens is 356 g/mol. The van der Waals surface area contributed by atoms with Crippen LogP contribution in [-0.4, -0.2) is 94.1 Å². The zero-order valence-electron chi connectivity index (χ0n) is 21.6. The van der Waals surface area contributed by atoms with E-state index in [1.54, 1.807) is 0 Å². The van der Waals surface area contributed by atoms with Gasteiger partial charge in [-0.2, -0.15) is 0 Å². The largest absolute Gasteiger partial charge is 0.297 e. The molecule has 2 fully saturated rings. The van der Waals surface area contributed by atoms with E-state index in [4.69, 9.17) is 0 Å². The molecule has 4 heteroatoms. The van der Waals surface area contributed by atoms with Crippen LogP contribution in [0.3, 0.4) is 0 Å². The lowest BCUT2D eigenvalue weighted by Gasteiger charge is -2.49. The zero-order chi connectivity index (χ0) is 22.1. The van der Waals surface area contributed by atoms with Crippen LogP contribution in [0.5, 0.6) is 0 Å². The SMILES string of the molecule is CC(C)(C)N1CCCN(C(C)(C)CCC(C)(C)N2CCN(C(C)(C)C)CC2)CC1. The minimum Gasteiger partial charge on any atom is -0.297 e. The third-order valence-corrected chi connectivity index (χ3v) is 7.73. The molecule has 2 heterocycles. The fourth-order valence-corrected chi connectivity index (χ4v) is 5.10. The maximum absolute atomic E-state index is 2.77. The molecule has 0 aromatic heterocycles. The van der Waals surface area contributed by atoms with E-state index in [-0.39, 0.29) is 16.6 Å². The lowest BCUT2D eigenvalue weighted by molar-refractivity contribution is 0.00308. The first-order valence-corrected chi connectivity index (χ1v) is 12.1. The van der Waals surface area contributed by atoms with Crippen molar-refractivity contribution in [1.82, 2.24) is 19.6 Å². The molecule has 0 N–H and O–H groups in total. The van der Waals surface area contributed by atoms with Crippen molar-refractivity contribution in [1.29, 1.82) is 0 Å². The van der Waals surface area contributed by atoms with Crippen molar-refractivity contribution in [2.45, 2.75) is 111 Å². The standard InChI is InChI=1S/C25H52N4/c1-22(2,3)26-14-11-15-28(19-16-26)24(7,8)12-13-25(9,10)29-20-17-27(18-21-29)23(4,5)6/h11-21H2,1-10H3. The first-order valence-electron chi connectivity index (χ1n) is 12.1. The molecule has 0 aromatic carbocycles. The highest BCUT2D eigenvalue weighted by Crippen LogP contribution is 2.31. The van der Waals surface area contributed by atoms with Gasteiger partial charge >= 0.3 is 0 Å². The Kier molecular flexibility index (Phi) is 7.91. The Bertz CT molecular complexity index is 504. The smallest absolute Gasteiger partial charge is 0.0155 e. The summed E-state index contributed by atoms with van der Waals surface area (Å²) in [6, 6.07) is 0. The Morgan fingerprint density at radius 3 is 1.07 bits per heavy atom. The van der Waals surface area contributed by atoms with Crippen molar-refractivity contribution in [3.05, 3.63) is 0 Å². The van der Waals surface area contributed by atoms with Gasteiger partial charge in [0, 0.05) is 61.4 Å². The third-order valence-electron chi connectivity index (χ3n) is 7.73. The van der Waals surface area contributed by atoms with Crippen LogP contribution in [0.15, 0.2) is 0 Å². The molecule has 29 heavy (non-hydrogen) atoms. The molecule has 0 aromatic rings. The summed E-state index contributed by atoms with van der Waals surface area (Å²) in [7, 11) is 0. The van der Waals surface area contributed by atoms with Gasteiger partial charge in [-0.05, 0) is 102 Å². The quantitative estimate of drug-likeness (QED) is 0.662. The highest BCUT2D eigenvalue weighted by Gasteiger charge is 2.36. The van der Waals surface area contributed by atoms with Crippen molar-refractivity contribution in [3.8, 4) is 0 Å². The van der Waals surface area contributed by atoms with Crippen LogP contribution < -0.4 is 0 Å². The molecule has 0 amide bonds. The molecule has 0 atom stereocenters. The fourth-order valence-electron chi connectivity index (χ4n) is 5.10. The summed E-state index contributed by atoms with van der Waals surface area (Å²) in [5, 5.41) is 0. The van der Waals surface area contributed by atoms with Crippen molar-refractivity contribution < 1.29 is 0 Å². The average Bonchev–Trinajstić information content (AvgIpc) is 2.86. The molecule has 0 saturated carbocycles. The van der Waals surface area contributed by atoms with Crippen molar-refractivity contribution >= 4 is 0 Å². The van der Waals surface area contributed by atoms with Gasteiger partial charge in [0.2, 0.25) is 0 Å². The minimum atomic E-state index is 0.276. The molecular formula is C25H52N4. The van der Waals surface area contributed by atoms with Crippen molar-refractivity contribution in [3.63, 3.8) is 0 Å². The molecule has 172 valence electrons. The second kappa shape index (κ2) is 9.14. The number of hydrogen-bond donors (Lipinski definition) is 0. The Balaban J connectivity index is 1.88. The van der Waals surface area contributed by atoms with E-state index in [1.165, 1.54) is 71.6 Å². The average molecular weight is 409 g/mol. The van der Waals surface area contributed by atoms with E-state index in [2.05, 4.69) is 88.8 Å². The van der Waals surface area contributed by atoms with Crippen LogP contribution in [0.2, 0.25) is 0 Å². The van der Waals surface area contributed by atoms with E-state index in [9.17, 15) is 0 Å². The van der Waals surface area contributed by atoms with Crippen LogP contribution in [0, 0.1) is 0 Å². The zero-order valence-corrected chi connectivity index (χ0v) is 21.6. The fraction of sp³-hybridized carbons (Fsp3) is 1.00. The van der Waals surface area contributed by atoms with Gasteiger partial charge in [0.05, 0.1) is 0 Å². The predicted molar refractivity (Wildman–Crippen MR) is 128 cm³/mol. The van der Waals surface area contributed by atoms with E-state index in [0.717, 1.165) is 0 Å². The van der Waals surface area contributed by atoms with Gasteiger partial charge in [0.15, 0.2) is 0 Å². The summed E-state index contributed by atoms with van der Waals surface area (Å²) in [6.45, 7) is 33.7. The van der Waals surface area contributed by atoms with E-state index in [0.29, 0.717) is 5.54 Å². The normalized spacial score (nSPS) is 23.4. The van der Waals surface area contributed by atoms with Crippen LogP contribution >= 0.6 is 0 Å². The summed E-state index contributed by atoms with van der Waals surface area (Å²) < 4.78 is 0.